The normalized spacial score (nSPS) is 12.4. The number of nitrogens with one attached hydrogen (secondary N) is 1. The smallest absolute Gasteiger partial charge is 0.269 e. The van der Waals surface area contributed by atoms with Gasteiger partial charge in [-0.25, -0.2) is 0 Å². The summed E-state index contributed by atoms with van der Waals surface area (Å²) in [7, 11) is 0. The van der Waals surface area contributed by atoms with Crippen molar-refractivity contribution >= 4 is 5.69 Å². The molecule has 0 aromatic heterocycles. The van der Waals surface area contributed by atoms with Gasteiger partial charge in [-0.05, 0) is 12.5 Å². The minimum atomic E-state index is -0.414. The lowest BCUT2D eigenvalue weighted by Gasteiger charge is -2.12. The molecule has 5 heteroatoms. The highest BCUT2D eigenvalue weighted by Gasteiger charge is 2.09. The topological polar surface area (TPSA) is 75.4 Å². The van der Waals surface area contributed by atoms with E-state index in [0.29, 0.717) is 6.54 Å². The summed E-state index contributed by atoms with van der Waals surface area (Å²) in [5.74, 6) is 0. The fraction of sp³-hybridized carbons (Fsp3) is 0.400. The lowest BCUT2D eigenvalue weighted by Crippen LogP contribution is -2.22. The van der Waals surface area contributed by atoms with E-state index in [0.717, 1.165) is 5.56 Å². The van der Waals surface area contributed by atoms with E-state index in [1.54, 1.807) is 6.07 Å². The zero-order chi connectivity index (χ0) is 11.3. The molecular formula is C10H14N2O3. The van der Waals surface area contributed by atoms with E-state index in [2.05, 4.69) is 5.32 Å². The van der Waals surface area contributed by atoms with E-state index in [9.17, 15) is 10.1 Å². The average molecular weight is 210 g/mol. The first-order valence-electron chi connectivity index (χ1n) is 4.73. The molecule has 0 fully saturated rings. The quantitative estimate of drug-likeness (QED) is 0.566. The molecule has 5 nitrogen and oxygen atoms in total. The van der Waals surface area contributed by atoms with Crippen LogP contribution in [-0.4, -0.2) is 23.2 Å². The molecule has 0 radical (unpaired) electrons. The Bertz CT molecular complexity index is 341. The molecule has 0 aliphatic carbocycles. The Morgan fingerprint density at radius 2 is 2.33 bits per heavy atom. The van der Waals surface area contributed by atoms with Crippen molar-refractivity contribution < 1.29 is 10.0 Å². The minimum Gasteiger partial charge on any atom is -0.395 e. The van der Waals surface area contributed by atoms with E-state index >= 15 is 0 Å². The maximum Gasteiger partial charge on any atom is 0.269 e. The first-order chi connectivity index (χ1) is 7.15. The number of non-ortho nitro benzene ring substituents is 1. The number of aliphatic hydroxyl groups excluding tert-OH is 1. The highest BCUT2D eigenvalue weighted by Crippen LogP contribution is 2.18. The SMILES string of the molecule is CC(NCCO)c1cccc([N+](=O)[O-])c1. The van der Waals surface area contributed by atoms with Gasteiger partial charge in [0.2, 0.25) is 0 Å². The van der Waals surface area contributed by atoms with Crippen LogP contribution >= 0.6 is 0 Å². The van der Waals surface area contributed by atoms with Crippen LogP contribution in [0.3, 0.4) is 0 Å². The summed E-state index contributed by atoms with van der Waals surface area (Å²) in [4.78, 5) is 10.1. The standard InChI is InChI=1S/C10H14N2O3/c1-8(11-5-6-13)9-3-2-4-10(7-9)12(14)15/h2-4,7-8,11,13H,5-6H2,1H3. The summed E-state index contributed by atoms with van der Waals surface area (Å²) in [6.45, 7) is 2.43. The predicted molar refractivity (Wildman–Crippen MR) is 56.6 cm³/mol. The maximum absolute atomic E-state index is 10.5. The van der Waals surface area contributed by atoms with Gasteiger partial charge in [0, 0.05) is 24.7 Å². The number of benzene rings is 1. The first kappa shape index (κ1) is 11.6. The van der Waals surface area contributed by atoms with Crippen LogP contribution in [0.4, 0.5) is 5.69 Å². The molecule has 1 aromatic carbocycles. The average Bonchev–Trinajstić information content (AvgIpc) is 2.26. The molecule has 82 valence electrons. The maximum atomic E-state index is 10.5. The van der Waals surface area contributed by atoms with Crippen LogP contribution in [0.1, 0.15) is 18.5 Å². The number of hydrogen-bond donors (Lipinski definition) is 2. The summed E-state index contributed by atoms with van der Waals surface area (Å²) < 4.78 is 0. The lowest BCUT2D eigenvalue weighted by molar-refractivity contribution is -0.384. The van der Waals surface area contributed by atoms with Gasteiger partial charge in [0.15, 0.2) is 0 Å². The number of nitro groups is 1. The first-order valence-corrected chi connectivity index (χ1v) is 4.73. The molecular weight excluding hydrogens is 196 g/mol. The van der Waals surface area contributed by atoms with Crippen LogP contribution in [-0.2, 0) is 0 Å². The zero-order valence-electron chi connectivity index (χ0n) is 8.51. The number of nitro benzene ring substituents is 1. The number of rotatable bonds is 5. The second-order valence-electron chi connectivity index (χ2n) is 3.25. The van der Waals surface area contributed by atoms with Crippen LogP contribution in [0.25, 0.3) is 0 Å². The van der Waals surface area contributed by atoms with Crippen molar-refractivity contribution in [3.63, 3.8) is 0 Å². The fourth-order valence-corrected chi connectivity index (χ4v) is 1.31. The molecule has 0 aliphatic heterocycles. The zero-order valence-corrected chi connectivity index (χ0v) is 8.51. The molecule has 1 unspecified atom stereocenters. The number of hydrogen-bond acceptors (Lipinski definition) is 4. The fourth-order valence-electron chi connectivity index (χ4n) is 1.31. The Kier molecular flexibility index (Phi) is 4.20. The number of nitrogens with zero attached hydrogens (tertiary/aromatic N) is 1. The summed E-state index contributed by atoms with van der Waals surface area (Å²) in [5, 5.41) is 22.2. The van der Waals surface area contributed by atoms with Gasteiger partial charge >= 0.3 is 0 Å². The molecule has 0 amide bonds. The Morgan fingerprint density at radius 1 is 1.60 bits per heavy atom. The monoisotopic (exact) mass is 210 g/mol. The lowest BCUT2D eigenvalue weighted by atomic mass is 10.1. The van der Waals surface area contributed by atoms with Crippen molar-refractivity contribution in [3.05, 3.63) is 39.9 Å². The van der Waals surface area contributed by atoms with Crippen LogP contribution in [0.2, 0.25) is 0 Å². The van der Waals surface area contributed by atoms with E-state index in [4.69, 9.17) is 5.11 Å². The van der Waals surface area contributed by atoms with Crippen molar-refractivity contribution in [3.8, 4) is 0 Å². The van der Waals surface area contributed by atoms with Crippen LogP contribution in [0.15, 0.2) is 24.3 Å². The second kappa shape index (κ2) is 5.43. The van der Waals surface area contributed by atoms with Crippen LogP contribution in [0, 0.1) is 10.1 Å². The van der Waals surface area contributed by atoms with Gasteiger partial charge in [-0.15, -0.1) is 0 Å². The summed E-state index contributed by atoms with van der Waals surface area (Å²) in [5.41, 5.74) is 0.933. The Labute approximate surface area is 87.9 Å². The third-order valence-electron chi connectivity index (χ3n) is 2.14. The highest BCUT2D eigenvalue weighted by atomic mass is 16.6. The molecule has 0 bridgehead atoms. The van der Waals surface area contributed by atoms with Gasteiger partial charge < -0.3 is 10.4 Å². The molecule has 1 rings (SSSR count). The van der Waals surface area contributed by atoms with Crippen LogP contribution < -0.4 is 5.32 Å². The van der Waals surface area contributed by atoms with E-state index < -0.39 is 4.92 Å². The molecule has 1 aromatic rings. The molecule has 15 heavy (non-hydrogen) atoms. The largest absolute Gasteiger partial charge is 0.395 e. The summed E-state index contributed by atoms with van der Waals surface area (Å²) >= 11 is 0. The van der Waals surface area contributed by atoms with E-state index in [-0.39, 0.29) is 18.3 Å². The van der Waals surface area contributed by atoms with Gasteiger partial charge in [0.05, 0.1) is 11.5 Å². The van der Waals surface area contributed by atoms with Gasteiger partial charge in [0.1, 0.15) is 0 Å². The van der Waals surface area contributed by atoms with Gasteiger partial charge in [0.25, 0.3) is 5.69 Å². The Morgan fingerprint density at radius 3 is 2.93 bits per heavy atom. The Balaban J connectivity index is 2.76. The minimum absolute atomic E-state index is 0.00273. The van der Waals surface area contributed by atoms with Crippen molar-refractivity contribution in [2.45, 2.75) is 13.0 Å². The summed E-state index contributed by atoms with van der Waals surface area (Å²) in [6.07, 6.45) is 0. The van der Waals surface area contributed by atoms with E-state index in [1.807, 2.05) is 13.0 Å². The highest BCUT2D eigenvalue weighted by molar-refractivity contribution is 5.35. The predicted octanol–water partition coefficient (Wildman–Crippen LogP) is 1.24. The molecule has 1 atom stereocenters. The van der Waals surface area contributed by atoms with Crippen LogP contribution in [0.5, 0.6) is 0 Å². The van der Waals surface area contributed by atoms with Gasteiger partial charge in [-0.3, -0.25) is 10.1 Å². The van der Waals surface area contributed by atoms with E-state index in [1.165, 1.54) is 12.1 Å². The second-order valence-corrected chi connectivity index (χ2v) is 3.25. The molecule has 0 saturated carbocycles. The number of aliphatic hydroxyl groups is 1. The van der Waals surface area contributed by atoms with Crippen molar-refractivity contribution in [2.24, 2.45) is 0 Å². The Hall–Kier alpha value is -1.46. The molecule has 0 aliphatic rings. The molecule has 0 heterocycles. The van der Waals surface area contributed by atoms with Crippen molar-refractivity contribution in [1.29, 1.82) is 0 Å². The molecule has 0 saturated heterocycles. The van der Waals surface area contributed by atoms with Crippen molar-refractivity contribution in [2.75, 3.05) is 13.2 Å². The molecule has 2 N–H and O–H groups in total. The van der Waals surface area contributed by atoms with Gasteiger partial charge in [-0.1, -0.05) is 12.1 Å². The summed E-state index contributed by atoms with van der Waals surface area (Å²) in [6, 6.07) is 6.47. The van der Waals surface area contributed by atoms with Gasteiger partial charge in [-0.2, -0.15) is 0 Å². The third kappa shape index (κ3) is 3.30. The molecule has 0 spiro atoms. The van der Waals surface area contributed by atoms with Crippen molar-refractivity contribution in [1.82, 2.24) is 5.32 Å². The third-order valence-corrected chi connectivity index (χ3v) is 2.14.